The van der Waals surface area contributed by atoms with Crippen molar-refractivity contribution in [1.29, 1.82) is 0 Å². The Morgan fingerprint density at radius 2 is 2.11 bits per heavy atom. The first-order valence-electron chi connectivity index (χ1n) is 7.34. The molecule has 2 bridgehead atoms. The van der Waals surface area contributed by atoms with E-state index in [4.69, 9.17) is 0 Å². The van der Waals surface area contributed by atoms with E-state index in [1.807, 2.05) is 13.0 Å². The van der Waals surface area contributed by atoms with E-state index in [0.717, 1.165) is 19.3 Å². The molecule has 3 nitrogen and oxygen atoms in total. The first kappa shape index (κ1) is 14.5. The van der Waals surface area contributed by atoms with Crippen LogP contribution in [-0.2, 0) is 4.79 Å². The van der Waals surface area contributed by atoms with Crippen LogP contribution in [0.4, 0.5) is 0 Å². The quantitative estimate of drug-likeness (QED) is 0.547. The summed E-state index contributed by atoms with van der Waals surface area (Å²) in [5, 5.41) is 13.5. The topological polar surface area (TPSA) is 49.3 Å². The van der Waals surface area contributed by atoms with Gasteiger partial charge in [0.1, 0.15) is 0 Å². The van der Waals surface area contributed by atoms with Crippen molar-refractivity contribution in [3.05, 3.63) is 24.8 Å². The van der Waals surface area contributed by atoms with Crippen LogP contribution in [0.15, 0.2) is 24.8 Å². The van der Waals surface area contributed by atoms with Crippen LogP contribution in [0.2, 0.25) is 0 Å². The highest BCUT2D eigenvalue weighted by Gasteiger charge is 2.45. The molecule has 2 heterocycles. The number of carbonyl (C=O) groups is 1. The lowest BCUT2D eigenvalue weighted by Crippen LogP contribution is -2.27. The van der Waals surface area contributed by atoms with E-state index < -0.39 is 0 Å². The van der Waals surface area contributed by atoms with Gasteiger partial charge in [-0.25, -0.2) is 0 Å². The van der Waals surface area contributed by atoms with Gasteiger partial charge in [-0.3, -0.25) is 4.79 Å². The van der Waals surface area contributed by atoms with E-state index in [0.29, 0.717) is 36.8 Å². The van der Waals surface area contributed by atoms with Crippen LogP contribution in [-0.4, -0.2) is 29.1 Å². The molecular weight excluding hydrogens is 238 g/mol. The number of rotatable bonds is 7. The van der Waals surface area contributed by atoms with Crippen LogP contribution < -0.4 is 5.32 Å². The number of hydrogen-bond acceptors (Lipinski definition) is 3. The predicted molar refractivity (Wildman–Crippen MR) is 76.8 cm³/mol. The molecule has 2 rings (SSSR count). The average Bonchev–Trinajstić information content (AvgIpc) is 2.89. The molecule has 5 atom stereocenters. The molecule has 0 aromatic rings. The Kier molecular flexibility index (Phi) is 4.94. The summed E-state index contributed by atoms with van der Waals surface area (Å²) in [5.74, 6) is 1.29. The van der Waals surface area contributed by atoms with Gasteiger partial charge < -0.3 is 10.4 Å². The van der Waals surface area contributed by atoms with E-state index in [-0.39, 0.29) is 11.9 Å². The van der Waals surface area contributed by atoms with Gasteiger partial charge in [0, 0.05) is 18.5 Å². The Balaban J connectivity index is 1.80. The highest BCUT2D eigenvalue weighted by molar-refractivity contribution is 5.89. The summed E-state index contributed by atoms with van der Waals surface area (Å²) >= 11 is 0. The van der Waals surface area contributed by atoms with Crippen molar-refractivity contribution in [1.82, 2.24) is 5.32 Å². The Morgan fingerprint density at radius 3 is 2.68 bits per heavy atom. The molecule has 0 radical (unpaired) electrons. The van der Waals surface area contributed by atoms with Crippen molar-refractivity contribution in [3.8, 4) is 0 Å². The monoisotopic (exact) mass is 263 g/mol. The minimum atomic E-state index is -0.258. The zero-order chi connectivity index (χ0) is 13.8. The molecule has 2 aliphatic rings. The minimum absolute atomic E-state index is 0.241. The minimum Gasteiger partial charge on any atom is -0.393 e. The molecule has 2 fully saturated rings. The second-order valence-corrected chi connectivity index (χ2v) is 5.96. The van der Waals surface area contributed by atoms with Crippen molar-refractivity contribution in [2.75, 3.05) is 0 Å². The average molecular weight is 263 g/mol. The smallest absolute Gasteiger partial charge is 0.155 e. The third kappa shape index (κ3) is 3.54. The molecule has 0 amide bonds. The van der Waals surface area contributed by atoms with E-state index in [9.17, 15) is 9.90 Å². The highest BCUT2D eigenvalue weighted by atomic mass is 16.3. The van der Waals surface area contributed by atoms with Crippen LogP contribution >= 0.6 is 0 Å². The molecule has 0 aromatic heterocycles. The highest BCUT2D eigenvalue weighted by Crippen LogP contribution is 2.41. The molecule has 0 spiro atoms. The Morgan fingerprint density at radius 1 is 1.42 bits per heavy atom. The third-order valence-electron chi connectivity index (χ3n) is 4.51. The molecule has 0 aromatic carbocycles. The Bertz CT molecular complexity index is 364. The maximum absolute atomic E-state index is 11.7. The lowest BCUT2D eigenvalue weighted by atomic mass is 9.77. The van der Waals surface area contributed by atoms with E-state index in [1.54, 1.807) is 12.2 Å². The van der Waals surface area contributed by atoms with E-state index >= 15 is 0 Å². The first-order chi connectivity index (χ1) is 9.13. The molecule has 3 heteroatoms. The largest absolute Gasteiger partial charge is 0.393 e. The molecule has 0 aliphatic carbocycles. The number of hydrogen-bond donors (Lipinski definition) is 2. The van der Waals surface area contributed by atoms with Crippen molar-refractivity contribution < 1.29 is 9.90 Å². The fourth-order valence-corrected chi connectivity index (χ4v) is 3.69. The standard InChI is InChI=1S/C16H25NO2/c1-3-5-13(18)7-11-9-16-12(10-15(11)17-16)8-14(19)6-4-2/h3-4,6,11-13,15-18H,1,5,7-10H2,2H3/b6-4+. The second-order valence-electron chi connectivity index (χ2n) is 5.96. The number of nitrogens with one attached hydrogen (secondary N) is 1. The molecule has 2 N–H and O–H groups in total. The molecule has 5 unspecified atom stereocenters. The normalized spacial score (nSPS) is 34.8. The molecule has 0 saturated carbocycles. The maximum Gasteiger partial charge on any atom is 0.155 e. The predicted octanol–water partition coefficient (Wildman–Crippen LogP) is 2.22. The van der Waals surface area contributed by atoms with Gasteiger partial charge >= 0.3 is 0 Å². The fraction of sp³-hybridized carbons (Fsp3) is 0.688. The van der Waals surface area contributed by atoms with Gasteiger partial charge in [-0.05, 0) is 50.5 Å². The number of carbonyl (C=O) groups excluding carboxylic acids is 1. The lowest BCUT2D eigenvalue weighted by Gasteiger charge is -2.27. The first-order valence-corrected chi connectivity index (χ1v) is 7.34. The SMILES string of the molecule is C=CCC(O)CC1CC2NC1CC2CC(=O)/C=C/C. The molecule has 2 aliphatic heterocycles. The van der Waals surface area contributed by atoms with Gasteiger partial charge in [0.15, 0.2) is 5.78 Å². The Labute approximate surface area is 115 Å². The summed E-state index contributed by atoms with van der Waals surface area (Å²) in [6, 6.07) is 0.966. The van der Waals surface area contributed by atoms with Gasteiger partial charge in [-0.15, -0.1) is 6.58 Å². The third-order valence-corrected chi connectivity index (χ3v) is 4.51. The second kappa shape index (κ2) is 6.49. The van der Waals surface area contributed by atoms with Crippen molar-refractivity contribution in [3.63, 3.8) is 0 Å². The maximum atomic E-state index is 11.7. The van der Waals surface area contributed by atoms with Crippen LogP contribution in [0.3, 0.4) is 0 Å². The molecule has 106 valence electrons. The summed E-state index contributed by atoms with van der Waals surface area (Å²) in [6.07, 6.45) is 9.41. The zero-order valence-electron chi connectivity index (χ0n) is 11.7. The van der Waals surface area contributed by atoms with Crippen LogP contribution in [0.1, 0.15) is 39.0 Å². The van der Waals surface area contributed by atoms with Crippen LogP contribution in [0.25, 0.3) is 0 Å². The lowest BCUT2D eigenvalue weighted by molar-refractivity contribution is -0.115. The van der Waals surface area contributed by atoms with Crippen molar-refractivity contribution >= 4 is 5.78 Å². The van der Waals surface area contributed by atoms with Gasteiger partial charge in [-0.1, -0.05) is 12.2 Å². The number of ketones is 1. The van der Waals surface area contributed by atoms with Crippen LogP contribution in [0, 0.1) is 11.8 Å². The summed E-state index contributed by atoms with van der Waals surface area (Å²) in [7, 11) is 0. The number of aliphatic hydroxyl groups excluding tert-OH is 1. The van der Waals surface area contributed by atoms with Crippen molar-refractivity contribution in [2.24, 2.45) is 11.8 Å². The Hall–Kier alpha value is -0.930. The molecule has 2 saturated heterocycles. The number of fused-ring (bicyclic) bond motifs is 2. The fourth-order valence-electron chi connectivity index (χ4n) is 3.69. The van der Waals surface area contributed by atoms with Gasteiger partial charge in [0.2, 0.25) is 0 Å². The summed E-state index contributed by atoms with van der Waals surface area (Å²) in [6.45, 7) is 5.55. The van der Waals surface area contributed by atoms with E-state index in [1.165, 1.54) is 0 Å². The molecule has 19 heavy (non-hydrogen) atoms. The van der Waals surface area contributed by atoms with Crippen LogP contribution in [0.5, 0.6) is 0 Å². The van der Waals surface area contributed by atoms with Gasteiger partial charge in [0.05, 0.1) is 6.10 Å². The molecular formula is C16H25NO2. The summed E-state index contributed by atoms with van der Waals surface area (Å²) in [4.78, 5) is 11.7. The van der Waals surface area contributed by atoms with Crippen molar-refractivity contribution in [2.45, 2.75) is 57.2 Å². The summed E-state index contributed by atoms with van der Waals surface area (Å²) in [5.41, 5.74) is 0. The van der Waals surface area contributed by atoms with Gasteiger partial charge in [0.25, 0.3) is 0 Å². The zero-order valence-corrected chi connectivity index (χ0v) is 11.7. The van der Waals surface area contributed by atoms with E-state index in [2.05, 4.69) is 11.9 Å². The summed E-state index contributed by atoms with van der Waals surface area (Å²) < 4.78 is 0. The number of aliphatic hydroxyl groups is 1. The van der Waals surface area contributed by atoms with Gasteiger partial charge in [-0.2, -0.15) is 0 Å². The number of allylic oxidation sites excluding steroid dienone is 2.